The van der Waals surface area contributed by atoms with Gasteiger partial charge in [0.2, 0.25) is 0 Å². The summed E-state index contributed by atoms with van der Waals surface area (Å²) in [5.74, 6) is 0. The highest BCUT2D eigenvalue weighted by atomic mass is 32.1. The third kappa shape index (κ3) is 5.78. The molecule has 126 valence electrons. The summed E-state index contributed by atoms with van der Waals surface area (Å²) in [6.45, 7) is -1.55. The summed E-state index contributed by atoms with van der Waals surface area (Å²) in [6.07, 6.45) is 0. The van der Waals surface area contributed by atoms with E-state index < -0.39 is 6.68 Å². The average molecular weight is 348 g/mol. The van der Waals surface area contributed by atoms with E-state index in [1.165, 1.54) is 27.8 Å². The number of hydrogen-bond donors (Lipinski definition) is 0. The molecule has 0 radical (unpaired) electrons. The van der Waals surface area contributed by atoms with Gasteiger partial charge in [0.05, 0.1) is 0 Å². The molecule has 24 heavy (non-hydrogen) atoms. The standard InChI is InChI=1S/C19H16.CHF3.H2S/c1-15-11-13-17(14-12-15)19-10-6-5-9-18(19)16-7-3-2-4-8-16;2-1(3)4;/h2-14H,1H3;1H;1H2. The maximum absolute atomic E-state index is 9.67. The van der Waals surface area contributed by atoms with Gasteiger partial charge in [-0.1, -0.05) is 84.4 Å². The summed E-state index contributed by atoms with van der Waals surface area (Å²) >= 11 is 0. The summed E-state index contributed by atoms with van der Waals surface area (Å²) in [5, 5.41) is 0. The molecule has 0 heterocycles. The highest BCUT2D eigenvalue weighted by molar-refractivity contribution is 7.59. The van der Waals surface area contributed by atoms with Crippen LogP contribution in [0.3, 0.4) is 0 Å². The Balaban J connectivity index is 0.000000522. The van der Waals surface area contributed by atoms with E-state index in [1.807, 2.05) is 0 Å². The molecule has 0 amide bonds. The molecule has 0 unspecified atom stereocenters. The molecule has 3 aromatic carbocycles. The maximum atomic E-state index is 9.67. The molecule has 0 aliphatic carbocycles. The van der Waals surface area contributed by atoms with Crippen LogP contribution in [0.25, 0.3) is 22.3 Å². The zero-order valence-electron chi connectivity index (χ0n) is 13.2. The highest BCUT2D eigenvalue weighted by Gasteiger charge is 2.05. The Hall–Kier alpha value is -2.20. The van der Waals surface area contributed by atoms with Gasteiger partial charge in [-0.15, -0.1) is 0 Å². The van der Waals surface area contributed by atoms with Gasteiger partial charge in [0.15, 0.2) is 0 Å². The minimum Gasteiger partial charge on any atom is -0.197 e. The van der Waals surface area contributed by atoms with Crippen molar-refractivity contribution in [3.63, 3.8) is 0 Å². The second-order valence-electron chi connectivity index (χ2n) is 5.03. The maximum Gasteiger partial charge on any atom is 0.379 e. The summed E-state index contributed by atoms with van der Waals surface area (Å²) in [4.78, 5) is 0. The van der Waals surface area contributed by atoms with Crippen molar-refractivity contribution in [1.82, 2.24) is 0 Å². The molecule has 0 aromatic heterocycles. The Morgan fingerprint density at radius 2 is 0.958 bits per heavy atom. The second-order valence-corrected chi connectivity index (χ2v) is 5.03. The van der Waals surface area contributed by atoms with Crippen molar-refractivity contribution in [3.05, 3.63) is 84.4 Å². The van der Waals surface area contributed by atoms with Crippen LogP contribution in [0.5, 0.6) is 0 Å². The fraction of sp³-hybridized carbons (Fsp3) is 0.100. The summed E-state index contributed by atoms with van der Waals surface area (Å²) in [6, 6.07) is 27.8. The van der Waals surface area contributed by atoms with Crippen molar-refractivity contribution >= 4 is 13.5 Å². The second kappa shape index (κ2) is 9.83. The first-order valence-corrected chi connectivity index (χ1v) is 7.21. The first kappa shape index (κ1) is 19.8. The number of aryl methyl sites for hydroxylation is 1. The molecule has 0 bridgehead atoms. The van der Waals surface area contributed by atoms with Gasteiger partial charge >= 0.3 is 6.68 Å². The van der Waals surface area contributed by atoms with E-state index in [0.717, 1.165) is 0 Å². The molecule has 0 nitrogen and oxygen atoms in total. The van der Waals surface area contributed by atoms with Crippen LogP contribution in [0, 0.1) is 6.92 Å². The third-order valence-electron chi connectivity index (χ3n) is 3.37. The van der Waals surface area contributed by atoms with Crippen LogP contribution < -0.4 is 0 Å². The fourth-order valence-corrected chi connectivity index (χ4v) is 2.34. The predicted octanol–water partition coefficient (Wildman–Crippen LogP) is 6.62. The number of rotatable bonds is 2. The molecule has 0 N–H and O–H groups in total. The normalized spacial score (nSPS) is 9.71. The van der Waals surface area contributed by atoms with E-state index in [4.69, 9.17) is 0 Å². The molecule has 0 atom stereocenters. The lowest BCUT2D eigenvalue weighted by molar-refractivity contribution is 0.00819. The number of hydrogen-bond acceptors (Lipinski definition) is 0. The monoisotopic (exact) mass is 348 g/mol. The van der Waals surface area contributed by atoms with Crippen molar-refractivity contribution < 1.29 is 13.2 Å². The van der Waals surface area contributed by atoms with Crippen molar-refractivity contribution in [3.8, 4) is 22.3 Å². The number of benzene rings is 3. The lowest BCUT2D eigenvalue weighted by atomic mass is 9.94. The van der Waals surface area contributed by atoms with Gasteiger partial charge in [0.1, 0.15) is 0 Å². The molecule has 0 aliphatic rings. The van der Waals surface area contributed by atoms with Gasteiger partial charge < -0.3 is 0 Å². The Morgan fingerprint density at radius 3 is 1.42 bits per heavy atom. The first-order valence-electron chi connectivity index (χ1n) is 7.21. The van der Waals surface area contributed by atoms with E-state index in [9.17, 15) is 13.2 Å². The van der Waals surface area contributed by atoms with E-state index in [-0.39, 0.29) is 13.5 Å². The minimum atomic E-state index is -3.67. The largest absolute Gasteiger partial charge is 0.379 e. The van der Waals surface area contributed by atoms with E-state index in [2.05, 4.69) is 85.8 Å². The zero-order chi connectivity index (χ0) is 16.7. The molecule has 3 rings (SSSR count). The number of halogens is 3. The van der Waals surface area contributed by atoms with Crippen LogP contribution in [-0.2, 0) is 0 Å². The fourth-order valence-electron chi connectivity index (χ4n) is 2.34. The molecule has 0 spiro atoms. The van der Waals surface area contributed by atoms with Crippen LogP contribution in [0.15, 0.2) is 78.9 Å². The highest BCUT2D eigenvalue weighted by Crippen LogP contribution is 2.31. The van der Waals surface area contributed by atoms with E-state index >= 15 is 0 Å². The van der Waals surface area contributed by atoms with Crippen LogP contribution in [0.4, 0.5) is 13.2 Å². The zero-order valence-corrected chi connectivity index (χ0v) is 14.2. The van der Waals surface area contributed by atoms with Crippen LogP contribution in [0.1, 0.15) is 5.56 Å². The minimum absolute atomic E-state index is 0. The summed E-state index contributed by atoms with van der Waals surface area (Å²) in [5.41, 5.74) is 6.39. The molecule has 3 aromatic rings. The van der Waals surface area contributed by atoms with Gasteiger partial charge in [0, 0.05) is 0 Å². The third-order valence-corrected chi connectivity index (χ3v) is 3.37. The van der Waals surface area contributed by atoms with Crippen molar-refractivity contribution in [2.24, 2.45) is 0 Å². The van der Waals surface area contributed by atoms with E-state index in [0.29, 0.717) is 0 Å². The van der Waals surface area contributed by atoms with Crippen LogP contribution >= 0.6 is 13.5 Å². The first-order chi connectivity index (χ1) is 11.1. The predicted molar refractivity (Wildman–Crippen MR) is 99.5 cm³/mol. The Kier molecular flexibility index (Phi) is 8.13. The summed E-state index contributed by atoms with van der Waals surface area (Å²) in [7, 11) is 0. The van der Waals surface area contributed by atoms with Gasteiger partial charge in [0.25, 0.3) is 0 Å². The smallest absolute Gasteiger partial charge is 0.197 e. The molecule has 0 saturated heterocycles. The molecular formula is C20H19F3S. The van der Waals surface area contributed by atoms with Gasteiger partial charge in [-0.25, -0.2) is 0 Å². The van der Waals surface area contributed by atoms with Crippen LogP contribution in [-0.4, -0.2) is 6.68 Å². The Labute approximate surface area is 147 Å². The van der Waals surface area contributed by atoms with Gasteiger partial charge in [-0.05, 0) is 29.2 Å². The molecule has 0 fully saturated rings. The molecule has 4 heteroatoms. The lowest BCUT2D eigenvalue weighted by Crippen LogP contribution is -1.84. The van der Waals surface area contributed by atoms with Gasteiger partial charge in [-0.2, -0.15) is 26.7 Å². The molecule has 0 aliphatic heterocycles. The van der Waals surface area contributed by atoms with Crippen LogP contribution in [0.2, 0.25) is 0 Å². The molecule has 0 saturated carbocycles. The Morgan fingerprint density at radius 1 is 0.583 bits per heavy atom. The summed E-state index contributed by atoms with van der Waals surface area (Å²) < 4.78 is 29.0. The Bertz CT molecular complexity index is 723. The van der Waals surface area contributed by atoms with Gasteiger partial charge in [-0.3, -0.25) is 0 Å². The van der Waals surface area contributed by atoms with Crippen molar-refractivity contribution in [1.29, 1.82) is 0 Å². The quantitative estimate of drug-likeness (QED) is 0.488. The van der Waals surface area contributed by atoms with Crippen molar-refractivity contribution in [2.75, 3.05) is 0 Å². The van der Waals surface area contributed by atoms with E-state index in [1.54, 1.807) is 0 Å². The molecular weight excluding hydrogens is 329 g/mol. The topological polar surface area (TPSA) is 0 Å². The lowest BCUT2D eigenvalue weighted by Gasteiger charge is -2.10. The average Bonchev–Trinajstić information content (AvgIpc) is 2.56. The van der Waals surface area contributed by atoms with Crippen molar-refractivity contribution in [2.45, 2.75) is 13.6 Å². The number of alkyl halides is 3. The SMILES string of the molecule is Cc1ccc(-c2ccccc2-c2ccccc2)cc1.FC(F)F.S.